The molecule has 0 heterocycles. The van der Waals surface area contributed by atoms with Gasteiger partial charge in [-0.3, -0.25) is 4.79 Å². The topological polar surface area (TPSA) is 105 Å². The van der Waals surface area contributed by atoms with Crippen LogP contribution >= 0.6 is 0 Å². The molecular weight excluding hydrogens is 200 g/mol. The molecule has 84 valence electrons. The van der Waals surface area contributed by atoms with Gasteiger partial charge in [-0.2, -0.15) is 0 Å². The van der Waals surface area contributed by atoms with Crippen LogP contribution in [0.5, 0.6) is 0 Å². The van der Waals surface area contributed by atoms with E-state index in [0.717, 1.165) is 0 Å². The fourth-order valence-corrected chi connectivity index (χ4v) is 0.626. The SMILES string of the molecule is NC(=O)COCC=CC=CCOC(N)=O. The van der Waals surface area contributed by atoms with Crippen LogP contribution in [0.3, 0.4) is 0 Å². The highest BCUT2D eigenvalue weighted by molar-refractivity contribution is 5.74. The number of carbonyl (C=O) groups is 2. The van der Waals surface area contributed by atoms with Gasteiger partial charge in [0.15, 0.2) is 0 Å². The molecule has 0 aliphatic carbocycles. The zero-order valence-electron chi connectivity index (χ0n) is 8.22. The summed E-state index contributed by atoms with van der Waals surface area (Å²) in [6.45, 7) is 0.324. The quantitative estimate of drug-likeness (QED) is 0.448. The Bertz CT molecular complexity index is 261. The smallest absolute Gasteiger partial charge is 0.404 e. The Hall–Kier alpha value is -1.82. The number of primary amides is 2. The molecule has 0 unspecified atom stereocenters. The van der Waals surface area contributed by atoms with Crippen LogP contribution in [0.15, 0.2) is 24.3 Å². The van der Waals surface area contributed by atoms with Crippen LogP contribution in [0.25, 0.3) is 0 Å². The number of allylic oxidation sites excluding steroid dienone is 2. The number of hydrogen-bond acceptors (Lipinski definition) is 4. The van der Waals surface area contributed by atoms with Gasteiger partial charge in [0, 0.05) is 0 Å². The monoisotopic (exact) mass is 214 g/mol. The zero-order chi connectivity index (χ0) is 11.5. The van der Waals surface area contributed by atoms with Crippen LogP contribution in [0.2, 0.25) is 0 Å². The van der Waals surface area contributed by atoms with Gasteiger partial charge in [0.05, 0.1) is 6.61 Å². The van der Waals surface area contributed by atoms with Crippen molar-refractivity contribution in [3.63, 3.8) is 0 Å². The van der Waals surface area contributed by atoms with Crippen molar-refractivity contribution in [3.05, 3.63) is 24.3 Å². The summed E-state index contributed by atoms with van der Waals surface area (Å²) in [4.78, 5) is 20.4. The summed E-state index contributed by atoms with van der Waals surface area (Å²) in [5.41, 5.74) is 9.56. The maximum atomic E-state index is 10.2. The van der Waals surface area contributed by atoms with E-state index in [1.54, 1.807) is 24.3 Å². The molecule has 0 aromatic rings. The Morgan fingerprint density at radius 2 is 1.67 bits per heavy atom. The minimum Gasteiger partial charge on any atom is -0.445 e. The Kier molecular flexibility index (Phi) is 7.70. The number of carbonyl (C=O) groups excluding carboxylic acids is 2. The van der Waals surface area contributed by atoms with E-state index in [-0.39, 0.29) is 13.2 Å². The van der Waals surface area contributed by atoms with Crippen LogP contribution in [0.4, 0.5) is 4.79 Å². The maximum Gasteiger partial charge on any atom is 0.404 e. The van der Waals surface area contributed by atoms with Gasteiger partial charge >= 0.3 is 6.09 Å². The third-order valence-electron chi connectivity index (χ3n) is 1.16. The van der Waals surface area contributed by atoms with E-state index in [0.29, 0.717) is 6.61 Å². The third-order valence-corrected chi connectivity index (χ3v) is 1.16. The first-order valence-electron chi connectivity index (χ1n) is 4.23. The van der Waals surface area contributed by atoms with E-state index >= 15 is 0 Å². The summed E-state index contributed by atoms with van der Waals surface area (Å²) in [5, 5.41) is 0. The Morgan fingerprint density at radius 3 is 2.20 bits per heavy atom. The van der Waals surface area contributed by atoms with Crippen molar-refractivity contribution in [2.75, 3.05) is 19.8 Å². The van der Waals surface area contributed by atoms with Crippen LogP contribution in [-0.4, -0.2) is 31.8 Å². The number of hydrogen-bond donors (Lipinski definition) is 2. The third kappa shape index (κ3) is 12.2. The van der Waals surface area contributed by atoms with Crippen LogP contribution < -0.4 is 11.5 Å². The summed E-state index contributed by atoms with van der Waals surface area (Å²) in [6.07, 6.45) is 5.83. The first-order valence-corrected chi connectivity index (χ1v) is 4.23. The minimum absolute atomic E-state index is 0.0984. The highest BCUT2D eigenvalue weighted by Gasteiger charge is 1.89. The van der Waals surface area contributed by atoms with E-state index in [4.69, 9.17) is 16.2 Å². The van der Waals surface area contributed by atoms with Crippen molar-refractivity contribution in [1.82, 2.24) is 0 Å². The second-order valence-electron chi connectivity index (χ2n) is 2.47. The highest BCUT2D eigenvalue weighted by Crippen LogP contribution is 1.82. The second-order valence-corrected chi connectivity index (χ2v) is 2.47. The molecule has 0 saturated carbocycles. The molecule has 15 heavy (non-hydrogen) atoms. The van der Waals surface area contributed by atoms with Crippen molar-refractivity contribution in [2.45, 2.75) is 0 Å². The van der Waals surface area contributed by atoms with E-state index in [1.807, 2.05) is 0 Å². The Balaban J connectivity index is 3.37. The molecule has 0 atom stereocenters. The maximum absolute atomic E-state index is 10.2. The summed E-state index contributed by atoms with van der Waals surface area (Å²) in [5.74, 6) is -0.506. The van der Waals surface area contributed by atoms with Crippen LogP contribution in [0, 0.1) is 0 Å². The van der Waals surface area contributed by atoms with Gasteiger partial charge in [0.25, 0.3) is 0 Å². The van der Waals surface area contributed by atoms with Crippen molar-refractivity contribution in [1.29, 1.82) is 0 Å². The van der Waals surface area contributed by atoms with Gasteiger partial charge in [-0.25, -0.2) is 4.79 Å². The summed E-state index contributed by atoms with van der Waals surface area (Å²) in [7, 11) is 0. The summed E-state index contributed by atoms with van der Waals surface area (Å²) >= 11 is 0. The lowest BCUT2D eigenvalue weighted by atomic mass is 10.4. The highest BCUT2D eigenvalue weighted by atomic mass is 16.5. The molecule has 6 heteroatoms. The van der Waals surface area contributed by atoms with E-state index in [9.17, 15) is 9.59 Å². The standard InChI is InChI=1S/C9H14N2O4/c10-8(12)7-14-5-3-1-2-4-6-15-9(11)13/h1-4H,5-7H2,(H2,10,12)(H2,11,13). The van der Waals surface area contributed by atoms with Crippen LogP contribution in [0.1, 0.15) is 0 Å². The Morgan fingerprint density at radius 1 is 1.07 bits per heavy atom. The number of rotatable bonds is 7. The molecule has 6 nitrogen and oxygen atoms in total. The Labute approximate surface area is 87.5 Å². The van der Waals surface area contributed by atoms with Crippen LogP contribution in [-0.2, 0) is 14.3 Å². The molecular formula is C9H14N2O4. The molecule has 0 aliphatic rings. The van der Waals surface area contributed by atoms with Gasteiger partial charge in [-0.15, -0.1) is 0 Å². The second kappa shape index (κ2) is 8.76. The van der Waals surface area contributed by atoms with E-state index in [2.05, 4.69) is 4.74 Å². The fourth-order valence-electron chi connectivity index (χ4n) is 0.626. The average Bonchev–Trinajstić information content (AvgIpc) is 2.14. The molecule has 0 aromatic carbocycles. The van der Waals surface area contributed by atoms with Gasteiger partial charge in [0.2, 0.25) is 5.91 Å². The molecule has 0 aromatic heterocycles. The predicted molar refractivity (Wildman–Crippen MR) is 53.8 cm³/mol. The number of amides is 2. The van der Waals surface area contributed by atoms with Crippen molar-refractivity contribution in [3.8, 4) is 0 Å². The van der Waals surface area contributed by atoms with Gasteiger partial charge in [-0.05, 0) is 6.08 Å². The number of ether oxygens (including phenoxy) is 2. The molecule has 0 bridgehead atoms. The predicted octanol–water partition coefficient (Wildman–Crippen LogP) is -0.304. The first-order chi connectivity index (χ1) is 7.13. The van der Waals surface area contributed by atoms with Crippen molar-refractivity contribution >= 4 is 12.0 Å². The molecule has 0 aliphatic heterocycles. The largest absolute Gasteiger partial charge is 0.445 e. The van der Waals surface area contributed by atoms with Crippen molar-refractivity contribution in [2.24, 2.45) is 11.5 Å². The molecule has 2 amide bonds. The lowest BCUT2D eigenvalue weighted by Gasteiger charge is -1.94. The first kappa shape index (κ1) is 13.2. The normalized spacial score (nSPS) is 10.9. The lowest BCUT2D eigenvalue weighted by molar-refractivity contribution is -0.122. The van der Waals surface area contributed by atoms with E-state index in [1.165, 1.54) is 0 Å². The van der Waals surface area contributed by atoms with Gasteiger partial charge in [0.1, 0.15) is 13.2 Å². The summed E-state index contributed by atoms with van der Waals surface area (Å²) in [6, 6.07) is 0. The molecule has 0 saturated heterocycles. The number of nitrogens with two attached hydrogens (primary N) is 2. The summed E-state index contributed by atoms with van der Waals surface area (Å²) < 4.78 is 9.27. The minimum atomic E-state index is -0.812. The molecule has 0 spiro atoms. The van der Waals surface area contributed by atoms with Gasteiger partial charge in [-0.1, -0.05) is 18.2 Å². The molecule has 4 N–H and O–H groups in total. The van der Waals surface area contributed by atoms with Gasteiger partial charge < -0.3 is 20.9 Å². The van der Waals surface area contributed by atoms with E-state index < -0.39 is 12.0 Å². The molecule has 0 rings (SSSR count). The lowest BCUT2D eigenvalue weighted by Crippen LogP contribution is -2.17. The van der Waals surface area contributed by atoms with Crippen molar-refractivity contribution < 1.29 is 19.1 Å². The molecule has 0 fully saturated rings. The average molecular weight is 214 g/mol. The molecule has 0 radical (unpaired) electrons. The zero-order valence-corrected chi connectivity index (χ0v) is 8.22. The fraction of sp³-hybridized carbons (Fsp3) is 0.333.